The first-order chi connectivity index (χ1) is 15.7. The molecule has 0 unspecified atom stereocenters. The molecule has 0 aliphatic carbocycles. The van der Waals surface area contributed by atoms with Crippen molar-refractivity contribution >= 4 is 12.2 Å². The fourth-order valence-corrected chi connectivity index (χ4v) is 4.24. The lowest BCUT2D eigenvalue weighted by atomic mass is 9.96. The van der Waals surface area contributed by atoms with Crippen molar-refractivity contribution in [3.8, 4) is 11.5 Å². The number of benzene rings is 2. The van der Waals surface area contributed by atoms with Crippen LogP contribution >= 0.6 is 0 Å². The van der Waals surface area contributed by atoms with E-state index in [1.54, 1.807) is 0 Å². The van der Waals surface area contributed by atoms with Gasteiger partial charge >= 0.3 is 0 Å². The van der Waals surface area contributed by atoms with Crippen LogP contribution in [0.1, 0.15) is 62.8 Å². The molecule has 0 saturated heterocycles. The number of rotatable bonds is 12. The van der Waals surface area contributed by atoms with Gasteiger partial charge in [0.05, 0.1) is 0 Å². The maximum absolute atomic E-state index is 6.20. The minimum Gasteiger partial charge on any atom is -0.457 e. The highest BCUT2D eigenvalue weighted by Gasteiger charge is 2.17. The van der Waals surface area contributed by atoms with Crippen molar-refractivity contribution in [1.29, 1.82) is 0 Å². The molecule has 0 fully saturated rings. The predicted octanol–water partition coefficient (Wildman–Crippen LogP) is 6.87. The second-order valence-electron chi connectivity index (χ2n) is 8.45. The maximum atomic E-state index is 6.20. The van der Waals surface area contributed by atoms with Crippen molar-refractivity contribution in [2.45, 2.75) is 47.0 Å². The second kappa shape index (κ2) is 12.6. The van der Waals surface area contributed by atoms with E-state index in [2.05, 4.69) is 98.2 Å². The summed E-state index contributed by atoms with van der Waals surface area (Å²) in [7, 11) is 0. The molecule has 0 saturated carbocycles. The van der Waals surface area contributed by atoms with Crippen molar-refractivity contribution in [2.24, 2.45) is 0 Å². The van der Waals surface area contributed by atoms with Crippen LogP contribution in [0, 0.1) is 0 Å². The number of ether oxygens (including phenoxy) is 1. The normalized spacial score (nSPS) is 13.2. The summed E-state index contributed by atoms with van der Waals surface area (Å²) < 4.78 is 6.20. The fraction of sp³-hybridized carbons (Fsp3) is 0.448. The van der Waals surface area contributed by atoms with E-state index in [1.165, 1.54) is 22.3 Å². The highest BCUT2D eigenvalue weighted by molar-refractivity contribution is 5.60. The first-order valence-electron chi connectivity index (χ1n) is 12.4. The van der Waals surface area contributed by atoms with Gasteiger partial charge in [-0.2, -0.15) is 0 Å². The zero-order valence-electron chi connectivity index (χ0n) is 20.4. The fourth-order valence-electron chi connectivity index (χ4n) is 4.24. The Bertz CT molecular complexity index is 834. The smallest absolute Gasteiger partial charge is 0.131 e. The van der Waals surface area contributed by atoms with Gasteiger partial charge in [-0.25, -0.2) is 0 Å². The van der Waals surface area contributed by atoms with E-state index < -0.39 is 0 Å². The van der Waals surface area contributed by atoms with Crippen LogP contribution in [-0.2, 0) is 6.42 Å². The van der Waals surface area contributed by atoms with E-state index in [9.17, 15) is 0 Å². The molecule has 32 heavy (non-hydrogen) atoms. The van der Waals surface area contributed by atoms with Gasteiger partial charge in [0.15, 0.2) is 0 Å². The van der Waals surface area contributed by atoms with E-state index in [0.717, 1.165) is 70.0 Å². The zero-order chi connectivity index (χ0) is 22.8. The summed E-state index contributed by atoms with van der Waals surface area (Å²) in [5.41, 5.74) is 5.04. The van der Waals surface area contributed by atoms with Gasteiger partial charge in [-0.15, -0.1) is 0 Å². The van der Waals surface area contributed by atoms with Crippen LogP contribution in [0.4, 0.5) is 0 Å². The topological polar surface area (TPSA) is 15.7 Å². The molecule has 3 nitrogen and oxygen atoms in total. The first kappa shape index (κ1) is 24.3. The van der Waals surface area contributed by atoms with Gasteiger partial charge < -0.3 is 14.5 Å². The summed E-state index contributed by atoms with van der Waals surface area (Å²) in [6.07, 6.45) is 12.2. The molecule has 1 heterocycles. The molecule has 1 aliphatic rings. The van der Waals surface area contributed by atoms with Crippen LogP contribution in [0.5, 0.6) is 11.5 Å². The molecule has 2 aromatic rings. The lowest BCUT2D eigenvalue weighted by Crippen LogP contribution is -2.23. The molecule has 0 radical (unpaired) electrons. The third kappa shape index (κ3) is 6.82. The van der Waals surface area contributed by atoms with E-state index in [0.29, 0.717) is 0 Å². The van der Waals surface area contributed by atoms with Crippen LogP contribution < -0.4 is 4.74 Å². The van der Waals surface area contributed by atoms with Crippen LogP contribution in [-0.4, -0.2) is 49.1 Å². The molecule has 0 aromatic heterocycles. The van der Waals surface area contributed by atoms with Crippen LogP contribution in [0.25, 0.3) is 12.2 Å². The second-order valence-corrected chi connectivity index (χ2v) is 8.45. The molecule has 0 atom stereocenters. The van der Waals surface area contributed by atoms with Gasteiger partial charge in [-0.05, 0) is 85.5 Å². The quantitative estimate of drug-likeness (QED) is 0.310. The molecule has 1 aliphatic heterocycles. The van der Waals surface area contributed by atoms with E-state index in [1.807, 2.05) is 0 Å². The Morgan fingerprint density at radius 2 is 1.12 bits per heavy atom. The Kier molecular flexibility index (Phi) is 9.58. The highest BCUT2D eigenvalue weighted by Crippen LogP contribution is 2.37. The van der Waals surface area contributed by atoms with E-state index in [4.69, 9.17) is 4.74 Å². The summed E-state index contributed by atoms with van der Waals surface area (Å²) in [5, 5.41) is 0. The van der Waals surface area contributed by atoms with Gasteiger partial charge in [0.2, 0.25) is 0 Å². The first-order valence-corrected chi connectivity index (χ1v) is 12.4. The maximum Gasteiger partial charge on any atom is 0.131 e. The van der Waals surface area contributed by atoms with Crippen molar-refractivity contribution in [3.63, 3.8) is 0 Å². The summed E-state index contributed by atoms with van der Waals surface area (Å²) >= 11 is 0. The van der Waals surface area contributed by atoms with Gasteiger partial charge in [0.25, 0.3) is 0 Å². The lowest BCUT2D eigenvalue weighted by molar-refractivity contribution is 0.310. The summed E-state index contributed by atoms with van der Waals surface area (Å²) in [4.78, 5) is 4.91. The number of fused-ring (bicyclic) bond motifs is 2. The monoisotopic (exact) mass is 432 g/mol. The SMILES string of the molecule is CCN(CC)CCC=Cc1ccc2c(c1)Cc1cc(C=CCCN(CC)CC)ccc1O2. The molecular formula is C29H40N2O. The van der Waals surface area contributed by atoms with E-state index >= 15 is 0 Å². The number of nitrogens with zero attached hydrogens (tertiary/aromatic N) is 2. The third-order valence-electron chi connectivity index (χ3n) is 6.40. The molecular weight excluding hydrogens is 392 g/mol. The molecule has 172 valence electrons. The van der Waals surface area contributed by atoms with Crippen molar-refractivity contribution in [3.05, 3.63) is 70.8 Å². The molecule has 0 amide bonds. The molecule has 3 rings (SSSR count). The Morgan fingerprint density at radius 1 is 0.688 bits per heavy atom. The lowest BCUT2D eigenvalue weighted by Gasteiger charge is -2.21. The molecule has 3 heteroatoms. The zero-order valence-corrected chi connectivity index (χ0v) is 20.4. The molecule has 0 N–H and O–H groups in total. The van der Waals surface area contributed by atoms with Crippen LogP contribution in [0.15, 0.2) is 48.6 Å². The average Bonchev–Trinajstić information content (AvgIpc) is 2.83. The number of hydrogen-bond donors (Lipinski definition) is 0. The summed E-state index contributed by atoms with van der Waals surface area (Å²) in [6, 6.07) is 13.1. The minimum absolute atomic E-state index is 0.924. The largest absolute Gasteiger partial charge is 0.457 e. The standard InChI is InChI=1S/C29H40N2O/c1-5-30(6-2)19-11-9-13-24-15-17-28-26(21-24)23-27-22-25(16-18-29(27)32-28)14-10-12-20-31(7-3)8-4/h9-10,13-18,21-22H,5-8,11-12,19-20,23H2,1-4H3. The molecule has 2 aromatic carbocycles. The van der Waals surface area contributed by atoms with Gasteiger partial charge in [-0.3, -0.25) is 0 Å². The summed E-state index contributed by atoms with van der Waals surface area (Å²) in [5.74, 6) is 1.97. The Balaban J connectivity index is 1.61. The molecule has 0 spiro atoms. The molecule has 0 bridgehead atoms. The van der Waals surface area contributed by atoms with Gasteiger partial charge in [0, 0.05) is 19.5 Å². The van der Waals surface area contributed by atoms with Gasteiger partial charge in [-0.1, -0.05) is 64.1 Å². The van der Waals surface area contributed by atoms with Gasteiger partial charge in [0.1, 0.15) is 11.5 Å². The Labute approximate surface area is 195 Å². The van der Waals surface area contributed by atoms with Crippen molar-refractivity contribution in [2.75, 3.05) is 39.3 Å². The third-order valence-corrected chi connectivity index (χ3v) is 6.40. The van der Waals surface area contributed by atoms with Crippen LogP contribution in [0.2, 0.25) is 0 Å². The van der Waals surface area contributed by atoms with Crippen molar-refractivity contribution < 1.29 is 4.74 Å². The predicted molar refractivity (Wildman–Crippen MR) is 139 cm³/mol. The Hall–Kier alpha value is -2.36. The minimum atomic E-state index is 0.924. The van der Waals surface area contributed by atoms with Crippen molar-refractivity contribution in [1.82, 2.24) is 9.80 Å². The van der Waals surface area contributed by atoms with Crippen LogP contribution in [0.3, 0.4) is 0 Å². The Morgan fingerprint density at radius 3 is 1.53 bits per heavy atom. The van der Waals surface area contributed by atoms with E-state index in [-0.39, 0.29) is 0 Å². The number of hydrogen-bond acceptors (Lipinski definition) is 3. The average molecular weight is 433 g/mol. The summed E-state index contributed by atoms with van der Waals surface area (Å²) in [6.45, 7) is 15.6. The highest BCUT2D eigenvalue weighted by atomic mass is 16.5.